The molecule has 180 valence electrons. The largest absolute Gasteiger partial charge is 0.493 e. The van der Waals surface area contributed by atoms with Crippen molar-refractivity contribution in [2.24, 2.45) is 0 Å². The number of hydrogen-bond acceptors (Lipinski definition) is 2. The van der Waals surface area contributed by atoms with Crippen molar-refractivity contribution in [3.05, 3.63) is 78.9 Å². The lowest BCUT2D eigenvalue weighted by Gasteiger charge is -2.32. The van der Waals surface area contributed by atoms with Gasteiger partial charge in [0.15, 0.2) is 0 Å². The molecular formula is C30H31B4NO2. The third-order valence-corrected chi connectivity index (χ3v) is 8.70. The van der Waals surface area contributed by atoms with Crippen molar-refractivity contribution in [2.75, 3.05) is 0 Å². The maximum atomic E-state index is 6.55. The van der Waals surface area contributed by atoms with E-state index in [-0.39, 0.29) is 18.3 Å². The van der Waals surface area contributed by atoms with E-state index in [1.807, 2.05) is 0 Å². The van der Waals surface area contributed by atoms with Gasteiger partial charge in [0, 0.05) is 22.0 Å². The molecule has 1 aliphatic rings. The van der Waals surface area contributed by atoms with Gasteiger partial charge >= 0.3 is 7.12 Å². The average Bonchev–Trinajstić information content (AvgIpc) is 3.33. The van der Waals surface area contributed by atoms with Gasteiger partial charge < -0.3 is 13.9 Å². The molecule has 1 saturated heterocycles. The Kier molecular flexibility index (Phi) is 5.52. The molecular weight excluding hydrogens is 450 g/mol. The third kappa shape index (κ3) is 3.63. The van der Waals surface area contributed by atoms with Crippen LogP contribution in [0, 0.1) is 0 Å². The summed E-state index contributed by atoms with van der Waals surface area (Å²) in [6.45, 7) is 8.48. The fourth-order valence-corrected chi connectivity index (χ4v) is 5.79. The van der Waals surface area contributed by atoms with Gasteiger partial charge in [0.1, 0.15) is 23.5 Å². The van der Waals surface area contributed by atoms with Crippen LogP contribution in [0.15, 0.2) is 78.9 Å². The number of hydrogen-bond donors (Lipinski definition) is 0. The molecule has 0 saturated carbocycles. The van der Waals surface area contributed by atoms with Crippen LogP contribution in [0.25, 0.3) is 38.6 Å². The molecule has 7 heteroatoms. The van der Waals surface area contributed by atoms with Crippen molar-refractivity contribution in [1.29, 1.82) is 0 Å². The van der Waals surface area contributed by atoms with Gasteiger partial charge in [-0.3, -0.25) is 0 Å². The molecule has 0 amide bonds. The Morgan fingerprint density at radius 1 is 0.649 bits per heavy atom. The SMILES string of the molecule is Bc1c(B2OC(C)(C)C(C)(C)O2)c(B)c2c3ccccc3n(-c3ccc(-c4ccccc4)cc3)c2c1B. The first kappa shape index (κ1) is 24.2. The Labute approximate surface area is 222 Å². The molecule has 37 heavy (non-hydrogen) atoms. The standard InChI is InChI=1S/C30H31B4NO2/c1-29(2)30(3,4)37-34(36-29)27-24(31)23-21-12-8-9-13-22(21)35(28(23)26(33)25(27)32)20-16-14-19(15-17-20)18-10-6-5-7-11-18/h5-17H,31-33H2,1-4H3. The van der Waals surface area contributed by atoms with Crippen LogP contribution in [0.2, 0.25) is 0 Å². The van der Waals surface area contributed by atoms with Gasteiger partial charge in [-0.25, -0.2) is 0 Å². The molecule has 0 radical (unpaired) electrons. The highest BCUT2D eigenvalue weighted by Crippen LogP contribution is 2.37. The molecule has 1 aliphatic heterocycles. The van der Waals surface area contributed by atoms with Gasteiger partial charge in [-0.2, -0.15) is 0 Å². The van der Waals surface area contributed by atoms with E-state index < -0.39 is 0 Å². The van der Waals surface area contributed by atoms with E-state index in [1.54, 1.807) is 0 Å². The van der Waals surface area contributed by atoms with Crippen LogP contribution in [0.5, 0.6) is 0 Å². The number of benzene rings is 4. The highest BCUT2D eigenvalue weighted by Gasteiger charge is 2.52. The molecule has 0 N–H and O–H groups in total. The fourth-order valence-electron chi connectivity index (χ4n) is 5.79. The van der Waals surface area contributed by atoms with Crippen molar-refractivity contribution in [3.8, 4) is 16.8 Å². The molecule has 5 aromatic rings. The minimum absolute atomic E-state index is 0.381. The Bertz CT molecular complexity index is 1640. The Balaban J connectivity index is 1.59. The van der Waals surface area contributed by atoms with E-state index in [4.69, 9.17) is 9.31 Å². The first-order chi connectivity index (χ1) is 17.6. The summed E-state index contributed by atoms with van der Waals surface area (Å²) in [5.74, 6) is 0. The summed E-state index contributed by atoms with van der Waals surface area (Å²) < 4.78 is 15.5. The van der Waals surface area contributed by atoms with Gasteiger partial charge in [0.25, 0.3) is 0 Å². The van der Waals surface area contributed by atoms with E-state index in [0.29, 0.717) is 0 Å². The zero-order chi connectivity index (χ0) is 26.1. The maximum absolute atomic E-state index is 6.55. The zero-order valence-electron chi connectivity index (χ0n) is 22.8. The number of nitrogens with zero attached hydrogens (tertiary/aromatic N) is 1. The molecule has 1 aromatic heterocycles. The summed E-state index contributed by atoms with van der Waals surface area (Å²) in [5.41, 5.74) is 10.2. The van der Waals surface area contributed by atoms with Crippen molar-refractivity contribution in [2.45, 2.75) is 38.9 Å². The molecule has 0 unspecified atom stereocenters. The van der Waals surface area contributed by atoms with Crippen molar-refractivity contribution in [1.82, 2.24) is 4.57 Å². The predicted molar refractivity (Wildman–Crippen MR) is 166 cm³/mol. The quantitative estimate of drug-likeness (QED) is 0.366. The monoisotopic (exact) mass is 481 g/mol. The lowest BCUT2D eigenvalue weighted by Crippen LogP contribution is -2.57. The summed E-state index contributed by atoms with van der Waals surface area (Å²) in [4.78, 5) is 0. The van der Waals surface area contributed by atoms with Crippen LogP contribution >= 0.6 is 0 Å². The van der Waals surface area contributed by atoms with E-state index in [9.17, 15) is 0 Å². The first-order valence-electron chi connectivity index (χ1n) is 13.1. The summed E-state index contributed by atoms with van der Waals surface area (Å²) in [6.07, 6.45) is 0. The summed E-state index contributed by atoms with van der Waals surface area (Å²) in [7, 11) is 6.28. The van der Waals surface area contributed by atoms with E-state index in [2.05, 4.69) is 135 Å². The minimum Gasteiger partial charge on any atom is -0.399 e. The Hall–Kier alpha value is -3.14. The molecule has 1 fully saturated rings. The van der Waals surface area contributed by atoms with E-state index in [1.165, 1.54) is 49.3 Å². The average molecular weight is 481 g/mol. The maximum Gasteiger partial charge on any atom is 0.493 e. The zero-order valence-corrected chi connectivity index (χ0v) is 22.8. The molecule has 0 spiro atoms. The van der Waals surface area contributed by atoms with Gasteiger partial charge in [-0.1, -0.05) is 77.1 Å². The number of aromatic nitrogens is 1. The minimum atomic E-state index is -0.389. The second-order valence-corrected chi connectivity index (χ2v) is 11.4. The molecule has 6 rings (SSSR count). The van der Waals surface area contributed by atoms with Crippen LogP contribution in [-0.2, 0) is 9.31 Å². The van der Waals surface area contributed by atoms with Crippen molar-refractivity contribution < 1.29 is 9.31 Å². The topological polar surface area (TPSA) is 23.4 Å². The molecule has 0 atom stereocenters. The number of para-hydroxylation sites is 1. The molecule has 0 aliphatic carbocycles. The smallest absolute Gasteiger partial charge is 0.399 e. The van der Waals surface area contributed by atoms with Crippen LogP contribution in [0.1, 0.15) is 27.7 Å². The first-order valence-corrected chi connectivity index (χ1v) is 13.1. The normalized spacial score (nSPS) is 16.6. The number of rotatable bonds is 3. The molecule has 4 aromatic carbocycles. The van der Waals surface area contributed by atoms with Gasteiger partial charge in [-0.05, 0) is 62.5 Å². The van der Waals surface area contributed by atoms with E-state index in [0.717, 1.165) is 11.2 Å². The molecule has 2 heterocycles. The lowest BCUT2D eigenvalue weighted by atomic mass is 9.60. The number of fused-ring (bicyclic) bond motifs is 3. The van der Waals surface area contributed by atoms with Crippen LogP contribution in [-0.4, -0.2) is 46.4 Å². The van der Waals surface area contributed by atoms with Gasteiger partial charge in [-0.15, -0.1) is 0 Å². The second-order valence-electron chi connectivity index (χ2n) is 11.4. The van der Waals surface area contributed by atoms with E-state index >= 15 is 0 Å². The third-order valence-electron chi connectivity index (χ3n) is 8.70. The highest BCUT2D eigenvalue weighted by molar-refractivity contribution is 6.77. The fraction of sp³-hybridized carbons (Fsp3) is 0.200. The summed E-state index contributed by atoms with van der Waals surface area (Å²) in [6, 6.07) is 28.2. The highest BCUT2D eigenvalue weighted by atomic mass is 16.7. The summed E-state index contributed by atoms with van der Waals surface area (Å²) >= 11 is 0. The Morgan fingerprint density at radius 3 is 1.86 bits per heavy atom. The predicted octanol–water partition coefficient (Wildman–Crippen LogP) is 1.53. The van der Waals surface area contributed by atoms with Crippen LogP contribution in [0.4, 0.5) is 0 Å². The van der Waals surface area contributed by atoms with Gasteiger partial charge in [0.05, 0.1) is 16.7 Å². The van der Waals surface area contributed by atoms with Crippen molar-refractivity contribution >= 4 is 74.3 Å². The van der Waals surface area contributed by atoms with Crippen molar-refractivity contribution in [3.63, 3.8) is 0 Å². The Morgan fingerprint density at radius 2 is 1.22 bits per heavy atom. The van der Waals surface area contributed by atoms with Crippen LogP contribution < -0.4 is 21.9 Å². The molecule has 3 nitrogen and oxygen atoms in total. The second kappa shape index (κ2) is 8.44. The lowest BCUT2D eigenvalue weighted by molar-refractivity contribution is 0.00578. The van der Waals surface area contributed by atoms with Crippen LogP contribution in [0.3, 0.4) is 0 Å². The molecule has 0 bridgehead atoms. The van der Waals surface area contributed by atoms with Gasteiger partial charge in [0.2, 0.25) is 0 Å². The summed E-state index contributed by atoms with van der Waals surface area (Å²) in [5, 5.41) is 2.53.